The van der Waals surface area contributed by atoms with E-state index in [9.17, 15) is 0 Å². The van der Waals surface area contributed by atoms with Crippen LogP contribution in [0.5, 0.6) is 5.88 Å². The average Bonchev–Trinajstić information content (AvgIpc) is 3.03. The zero-order valence-corrected chi connectivity index (χ0v) is 14.2. The minimum atomic E-state index is 0.523. The Hall–Kier alpha value is -2.28. The Kier molecular flexibility index (Phi) is 5.53. The summed E-state index contributed by atoms with van der Waals surface area (Å²) in [6, 6.07) is 3.80. The van der Waals surface area contributed by atoms with E-state index in [0.29, 0.717) is 34.1 Å². The van der Waals surface area contributed by atoms with Crippen LogP contribution in [0, 0.1) is 18.3 Å². The first kappa shape index (κ1) is 16.6. The van der Waals surface area contributed by atoms with Gasteiger partial charge in [0.15, 0.2) is 5.13 Å². The van der Waals surface area contributed by atoms with Gasteiger partial charge in [0, 0.05) is 25.7 Å². The van der Waals surface area contributed by atoms with Crippen molar-refractivity contribution in [3.8, 4) is 11.9 Å². The molecule has 8 nitrogen and oxygen atoms in total. The molecule has 0 aromatic carbocycles. The molecule has 9 heteroatoms. The largest absolute Gasteiger partial charge is 0.476 e. The van der Waals surface area contributed by atoms with Gasteiger partial charge in [0.05, 0.1) is 19.4 Å². The highest BCUT2D eigenvalue weighted by Crippen LogP contribution is 2.22. The van der Waals surface area contributed by atoms with E-state index >= 15 is 0 Å². The molecular formula is C15H18N6O2S. The number of ether oxygens (including phenoxy) is 2. The van der Waals surface area contributed by atoms with Gasteiger partial charge in [-0.05, 0) is 6.92 Å². The maximum atomic E-state index is 8.85. The zero-order valence-electron chi connectivity index (χ0n) is 13.4. The lowest BCUT2D eigenvalue weighted by Crippen LogP contribution is -2.38. The Morgan fingerprint density at radius 3 is 3.00 bits per heavy atom. The molecule has 126 valence electrons. The van der Waals surface area contributed by atoms with E-state index in [1.165, 1.54) is 17.5 Å². The number of nitrogens with one attached hydrogen (secondary N) is 1. The molecule has 1 saturated heterocycles. The second kappa shape index (κ2) is 8.01. The highest BCUT2D eigenvalue weighted by atomic mass is 32.1. The third-order valence-electron chi connectivity index (χ3n) is 3.43. The predicted octanol–water partition coefficient (Wildman–Crippen LogP) is 1.57. The van der Waals surface area contributed by atoms with Crippen molar-refractivity contribution in [3.63, 3.8) is 0 Å². The van der Waals surface area contributed by atoms with Crippen molar-refractivity contribution in [1.29, 1.82) is 5.26 Å². The summed E-state index contributed by atoms with van der Waals surface area (Å²) in [5.74, 6) is 1.73. The van der Waals surface area contributed by atoms with Crippen molar-refractivity contribution >= 4 is 22.3 Å². The van der Waals surface area contributed by atoms with Crippen molar-refractivity contribution < 1.29 is 9.47 Å². The molecule has 0 amide bonds. The summed E-state index contributed by atoms with van der Waals surface area (Å²) >= 11 is 1.27. The van der Waals surface area contributed by atoms with E-state index in [2.05, 4.69) is 31.2 Å². The van der Waals surface area contributed by atoms with E-state index in [4.69, 9.17) is 14.7 Å². The molecule has 0 bridgehead atoms. The topological polar surface area (TPSA) is 96.2 Å². The molecule has 2 aromatic heterocycles. The summed E-state index contributed by atoms with van der Waals surface area (Å²) in [5, 5.41) is 12.5. The monoisotopic (exact) mass is 346 g/mol. The maximum Gasteiger partial charge on any atom is 0.218 e. The van der Waals surface area contributed by atoms with Gasteiger partial charge in [0.1, 0.15) is 29.2 Å². The molecule has 0 radical (unpaired) electrons. The molecule has 0 spiro atoms. The van der Waals surface area contributed by atoms with Crippen LogP contribution in [-0.4, -0.2) is 59.3 Å². The fraction of sp³-hybridized carbons (Fsp3) is 0.467. The number of nitrogens with zero attached hydrogens (tertiary/aromatic N) is 5. The molecule has 2 aromatic rings. The van der Waals surface area contributed by atoms with Crippen LogP contribution in [-0.2, 0) is 4.74 Å². The number of anilines is 2. The lowest BCUT2D eigenvalue weighted by atomic mass is 10.4. The summed E-state index contributed by atoms with van der Waals surface area (Å²) < 4.78 is 11.1. The van der Waals surface area contributed by atoms with Gasteiger partial charge in [-0.3, -0.25) is 4.90 Å². The minimum absolute atomic E-state index is 0.523. The smallest absolute Gasteiger partial charge is 0.218 e. The number of rotatable bonds is 6. The molecule has 0 saturated carbocycles. The highest BCUT2D eigenvalue weighted by molar-refractivity contribution is 7.16. The Morgan fingerprint density at radius 1 is 1.42 bits per heavy atom. The predicted molar refractivity (Wildman–Crippen MR) is 89.6 cm³/mol. The van der Waals surface area contributed by atoms with E-state index in [0.717, 1.165) is 32.8 Å². The Morgan fingerprint density at radius 2 is 2.25 bits per heavy atom. The van der Waals surface area contributed by atoms with Crippen LogP contribution >= 0.6 is 11.3 Å². The fourth-order valence-electron chi connectivity index (χ4n) is 2.28. The lowest BCUT2D eigenvalue weighted by Gasteiger charge is -2.26. The van der Waals surface area contributed by atoms with Crippen molar-refractivity contribution in [2.75, 3.05) is 44.8 Å². The zero-order chi connectivity index (χ0) is 16.8. The van der Waals surface area contributed by atoms with Gasteiger partial charge in [0.2, 0.25) is 5.88 Å². The first-order chi connectivity index (χ1) is 11.7. The number of morpholine rings is 1. The maximum absolute atomic E-state index is 8.85. The SMILES string of the molecule is Cc1nc(Nc2ncc(C#N)s2)cc(OCCN2CCOCC2)n1. The molecule has 1 N–H and O–H groups in total. The molecule has 1 aliphatic heterocycles. The standard InChI is InChI=1S/C15H18N6O2S/c1-11-18-13(20-15-17-10-12(9-16)24-15)8-14(19-11)23-7-4-21-2-5-22-6-3-21/h8,10H,2-7H2,1H3,(H,17,18,19,20). The molecule has 1 aliphatic rings. The number of hydrogen-bond donors (Lipinski definition) is 1. The molecule has 0 unspecified atom stereocenters. The van der Waals surface area contributed by atoms with Gasteiger partial charge in [-0.25, -0.2) is 9.97 Å². The van der Waals surface area contributed by atoms with Crippen LogP contribution in [0.3, 0.4) is 0 Å². The first-order valence-electron chi connectivity index (χ1n) is 7.64. The van der Waals surface area contributed by atoms with E-state index in [1.807, 2.05) is 6.92 Å². The van der Waals surface area contributed by atoms with Crippen molar-refractivity contribution in [1.82, 2.24) is 19.9 Å². The minimum Gasteiger partial charge on any atom is -0.476 e. The summed E-state index contributed by atoms with van der Waals surface area (Å²) in [5.41, 5.74) is 0. The summed E-state index contributed by atoms with van der Waals surface area (Å²) in [6.07, 6.45) is 1.53. The van der Waals surface area contributed by atoms with Crippen LogP contribution < -0.4 is 10.1 Å². The number of hydrogen-bond acceptors (Lipinski definition) is 9. The Balaban J connectivity index is 1.57. The van der Waals surface area contributed by atoms with Crippen LogP contribution in [0.2, 0.25) is 0 Å². The van der Waals surface area contributed by atoms with Crippen LogP contribution in [0.15, 0.2) is 12.3 Å². The summed E-state index contributed by atoms with van der Waals surface area (Å²) in [4.78, 5) is 15.6. The molecule has 3 rings (SSSR count). The van der Waals surface area contributed by atoms with Crippen LogP contribution in [0.25, 0.3) is 0 Å². The average molecular weight is 346 g/mol. The normalized spacial score (nSPS) is 15.0. The number of aryl methyl sites for hydroxylation is 1. The van der Waals surface area contributed by atoms with Crippen molar-refractivity contribution in [2.24, 2.45) is 0 Å². The van der Waals surface area contributed by atoms with Gasteiger partial charge < -0.3 is 14.8 Å². The first-order valence-corrected chi connectivity index (χ1v) is 8.46. The van der Waals surface area contributed by atoms with Crippen LogP contribution in [0.1, 0.15) is 10.7 Å². The fourth-order valence-corrected chi connectivity index (χ4v) is 2.90. The van der Waals surface area contributed by atoms with E-state index in [1.54, 1.807) is 6.07 Å². The number of aromatic nitrogens is 3. The van der Waals surface area contributed by atoms with Gasteiger partial charge in [-0.1, -0.05) is 11.3 Å². The molecule has 0 aliphatic carbocycles. The number of nitriles is 1. The van der Waals surface area contributed by atoms with Crippen LogP contribution in [0.4, 0.5) is 10.9 Å². The number of thiazole rings is 1. The van der Waals surface area contributed by atoms with E-state index in [-0.39, 0.29) is 0 Å². The van der Waals surface area contributed by atoms with Crippen molar-refractivity contribution in [2.45, 2.75) is 6.92 Å². The highest BCUT2D eigenvalue weighted by Gasteiger charge is 2.11. The molecule has 24 heavy (non-hydrogen) atoms. The lowest BCUT2D eigenvalue weighted by molar-refractivity contribution is 0.0320. The third kappa shape index (κ3) is 4.61. The van der Waals surface area contributed by atoms with Gasteiger partial charge in [-0.2, -0.15) is 10.2 Å². The van der Waals surface area contributed by atoms with Gasteiger partial charge in [0.25, 0.3) is 0 Å². The molecule has 1 fully saturated rings. The van der Waals surface area contributed by atoms with Gasteiger partial charge in [-0.15, -0.1) is 0 Å². The summed E-state index contributed by atoms with van der Waals surface area (Å²) in [6.45, 7) is 6.63. The van der Waals surface area contributed by atoms with E-state index < -0.39 is 0 Å². The second-order valence-corrected chi connectivity index (χ2v) is 6.24. The second-order valence-electron chi connectivity index (χ2n) is 5.21. The Labute approximate surface area is 144 Å². The molecule has 3 heterocycles. The molecule has 0 atom stereocenters. The Bertz CT molecular complexity index is 723. The quantitative estimate of drug-likeness (QED) is 0.842. The third-order valence-corrected chi connectivity index (χ3v) is 4.24. The molecular weight excluding hydrogens is 328 g/mol. The van der Waals surface area contributed by atoms with Gasteiger partial charge >= 0.3 is 0 Å². The summed E-state index contributed by atoms with van der Waals surface area (Å²) in [7, 11) is 0. The van der Waals surface area contributed by atoms with Crippen molar-refractivity contribution in [3.05, 3.63) is 23.0 Å².